The smallest absolute Gasteiger partial charge is 0.228 e. The highest BCUT2D eigenvalue weighted by Crippen LogP contribution is 1.90. The fourth-order valence-corrected chi connectivity index (χ4v) is 0.891. The van der Waals surface area contributed by atoms with Gasteiger partial charge in [0.05, 0.1) is 0 Å². The molecule has 3 nitrogen and oxygen atoms in total. The van der Waals surface area contributed by atoms with Crippen molar-refractivity contribution in [2.24, 2.45) is 5.92 Å². The average Bonchev–Trinajstić information content (AvgIpc) is 1.84. The Morgan fingerprint density at radius 1 is 1.25 bits per heavy atom. The lowest BCUT2D eigenvalue weighted by molar-refractivity contribution is -0.122. The molecule has 0 aliphatic rings. The molecule has 2 N–H and O–H groups in total. The number of amides is 1. The fourth-order valence-electron chi connectivity index (χ4n) is 0.555. The summed E-state index contributed by atoms with van der Waals surface area (Å²) in [6, 6.07) is 0.255. The van der Waals surface area contributed by atoms with E-state index in [-0.39, 0.29) is 17.9 Å². The fraction of sp³-hybridized carbons (Fsp3) is 0.750. The summed E-state index contributed by atoms with van der Waals surface area (Å²) in [7, 11) is 0. The summed E-state index contributed by atoms with van der Waals surface area (Å²) in [4.78, 5) is 11.1. The molecular formula is C8H16N2OS. The van der Waals surface area contributed by atoms with Gasteiger partial charge < -0.3 is 10.6 Å². The minimum Gasteiger partial charge on any atom is -0.360 e. The normalized spacial score (nSPS) is 10.2. The van der Waals surface area contributed by atoms with Gasteiger partial charge in [0, 0.05) is 12.0 Å². The van der Waals surface area contributed by atoms with Crippen LogP contribution in [0.15, 0.2) is 0 Å². The summed E-state index contributed by atoms with van der Waals surface area (Å²) in [5.41, 5.74) is 0. The number of hydrogen-bond acceptors (Lipinski definition) is 2. The minimum atomic E-state index is -0.0480. The van der Waals surface area contributed by atoms with E-state index in [0.29, 0.717) is 5.11 Å². The Balaban J connectivity index is 3.77. The van der Waals surface area contributed by atoms with Crippen molar-refractivity contribution < 1.29 is 4.79 Å². The largest absolute Gasteiger partial charge is 0.360 e. The number of thiocarbonyl (C=S) groups is 1. The van der Waals surface area contributed by atoms with Gasteiger partial charge in [-0.2, -0.15) is 0 Å². The molecule has 0 radical (unpaired) electrons. The van der Waals surface area contributed by atoms with Crippen LogP contribution in [-0.4, -0.2) is 17.1 Å². The molecule has 4 heteroatoms. The molecule has 0 aromatic carbocycles. The van der Waals surface area contributed by atoms with E-state index in [9.17, 15) is 4.79 Å². The molecule has 0 unspecified atom stereocenters. The summed E-state index contributed by atoms with van der Waals surface area (Å²) < 4.78 is 0. The number of carbonyl (C=O) groups is 1. The maximum absolute atomic E-state index is 11.1. The standard InChI is InChI=1S/C8H16N2OS/c1-5(2)7(11)10-8(12)9-6(3)4/h5-6H,1-4H3,(H2,9,10,11,12). The van der Waals surface area contributed by atoms with Crippen LogP contribution in [0.1, 0.15) is 27.7 Å². The van der Waals surface area contributed by atoms with Crippen molar-refractivity contribution in [2.75, 3.05) is 0 Å². The van der Waals surface area contributed by atoms with Crippen LogP contribution in [0.2, 0.25) is 0 Å². The topological polar surface area (TPSA) is 41.1 Å². The van der Waals surface area contributed by atoms with Crippen molar-refractivity contribution in [1.29, 1.82) is 0 Å². The Labute approximate surface area is 78.9 Å². The van der Waals surface area contributed by atoms with E-state index in [1.54, 1.807) is 0 Å². The van der Waals surface area contributed by atoms with Gasteiger partial charge >= 0.3 is 0 Å². The van der Waals surface area contributed by atoms with Crippen molar-refractivity contribution in [1.82, 2.24) is 10.6 Å². The van der Waals surface area contributed by atoms with Crippen molar-refractivity contribution >= 4 is 23.2 Å². The molecule has 12 heavy (non-hydrogen) atoms. The molecule has 0 atom stereocenters. The first-order chi connectivity index (χ1) is 5.43. The third-order valence-corrected chi connectivity index (χ3v) is 1.40. The Morgan fingerprint density at radius 2 is 1.75 bits per heavy atom. The number of hydrogen-bond donors (Lipinski definition) is 2. The molecule has 0 aliphatic heterocycles. The average molecular weight is 188 g/mol. The summed E-state index contributed by atoms with van der Waals surface area (Å²) in [5.74, 6) is -0.0786. The quantitative estimate of drug-likeness (QED) is 0.636. The molecule has 0 spiro atoms. The van der Waals surface area contributed by atoms with Crippen molar-refractivity contribution in [3.05, 3.63) is 0 Å². The van der Waals surface area contributed by atoms with Crippen LogP contribution in [0.25, 0.3) is 0 Å². The van der Waals surface area contributed by atoms with Gasteiger partial charge in [0.2, 0.25) is 5.91 Å². The van der Waals surface area contributed by atoms with Gasteiger partial charge in [0.25, 0.3) is 0 Å². The number of nitrogens with one attached hydrogen (secondary N) is 2. The Morgan fingerprint density at radius 3 is 2.08 bits per heavy atom. The van der Waals surface area contributed by atoms with Gasteiger partial charge in [-0.05, 0) is 26.1 Å². The summed E-state index contributed by atoms with van der Waals surface area (Å²) >= 11 is 4.88. The van der Waals surface area contributed by atoms with Gasteiger partial charge in [-0.3, -0.25) is 4.79 Å². The van der Waals surface area contributed by atoms with Crippen LogP contribution < -0.4 is 10.6 Å². The number of rotatable bonds is 2. The Bertz CT molecular complexity index is 178. The third-order valence-electron chi connectivity index (χ3n) is 1.18. The van der Waals surface area contributed by atoms with Crippen LogP contribution in [0.5, 0.6) is 0 Å². The molecule has 0 aromatic rings. The van der Waals surface area contributed by atoms with Gasteiger partial charge in [-0.15, -0.1) is 0 Å². The second kappa shape index (κ2) is 5.09. The van der Waals surface area contributed by atoms with Crippen LogP contribution >= 0.6 is 12.2 Å². The molecule has 0 aromatic heterocycles. The van der Waals surface area contributed by atoms with E-state index in [0.717, 1.165) is 0 Å². The second-order valence-corrected chi connectivity index (χ2v) is 3.68. The molecular weight excluding hydrogens is 172 g/mol. The van der Waals surface area contributed by atoms with Gasteiger partial charge in [-0.25, -0.2) is 0 Å². The van der Waals surface area contributed by atoms with Gasteiger partial charge in [0.15, 0.2) is 5.11 Å². The van der Waals surface area contributed by atoms with Crippen LogP contribution in [0, 0.1) is 5.92 Å². The monoisotopic (exact) mass is 188 g/mol. The zero-order chi connectivity index (χ0) is 9.72. The van der Waals surface area contributed by atoms with Gasteiger partial charge in [0.1, 0.15) is 0 Å². The molecule has 0 rings (SSSR count). The van der Waals surface area contributed by atoms with Crippen LogP contribution in [0.3, 0.4) is 0 Å². The SMILES string of the molecule is CC(C)NC(=S)NC(=O)C(C)C. The molecule has 0 fully saturated rings. The van der Waals surface area contributed by atoms with E-state index in [4.69, 9.17) is 12.2 Å². The van der Waals surface area contributed by atoms with Crippen LogP contribution in [0.4, 0.5) is 0 Å². The first-order valence-corrected chi connectivity index (χ1v) is 4.45. The van der Waals surface area contributed by atoms with Crippen molar-refractivity contribution in [2.45, 2.75) is 33.7 Å². The zero-order valence-corrected chi connectivity index (χ0v) is 8.79. The summed E-state index contributed by atoms with van der Waals surface area (Å²) in [5, 5.41) is 5.93. The lowest BCUT2D eigenvalue weighted by atomic mass is 10.2. The molecule has 0 saturated carbocycles. The van der Waals surface area contributed by atoms with Crippen molar-refractivity contribution in [3.8, 4) is 0 Å². The van der Waals surface area contributed by atoms with E-state index >= 15 is 0 Å². The molecule has 70 valence electrons. The lowest BCUT2D eigenvalue weighted by Gasteiger charge is -2.13. The summed E-state index contributed by atoms with van der Waals surface area (Å²) in [6.07, 6.45) is 0. The first kappa shape index (κ1) is 11.4. The second-order valence-electron chi connectivity index (χ2n) is 3.27. The van der Waals surface area contributed by atoms with E-state index in [1.807, 2.05) is 27.7 Å². The molecule has 0 heterocycles. The maximum Gasteiger partial charge on any atom is 0.228 e. The minimum absolute atomic E-state index is 0.0306. The van der Waals surface area contributed by atoms with Crippen LogP contribution in [-0.2, 0) is 4.79 Å². The highest BCUT2D eigenvalue weighted by atomic mass is 32.1. The van der Waals surface area contributed by atoms with E-state index in [2.05, 4.69) is 10.6 Å². The molecule has 0 saturated heterocycles. The Hall–Kier alpha value is -0.640. The third kappa shape index (κ3) is 5.07. The predicted octanol–water partition coefficient (Wildman–Crippen LogP) is 1.04. The predicted molar refractivity (Wildman–Crippen MR) is 53.9 cm³/mol. The molecule has 0 bridgehead atoms. The highest BCUT2D eigenvalue weighted by Gasteiger charge is 2.08. The van der Waals surface area contributed by atoms with E-state index < -0.39 is 0 Å². The molecule has 0 aliphatic carbocycles. The van der Waals surface area contributed by atoms with E-state index in [1.165, 1.54) is 0 Å². The molecule has 1 amide bonds. The first-order valence-electron chi connectivity index (χ1n) is 4.04. The Kier molecular flexibility index (Phi) is 4.81. The highest BCUT2D eigenvalue weighted by molar-refractivity contribution is 7.80. The summed E-state index contributed by atoms with van der Waals surface area (Å²) in [6.45, 7) is 7.59. The number of carbonyl (C=O) groups excluding carboxylic acids is 1. The maximum atomic E-state index is 11.1. The lowest BCUT2D eigenvalue weighted by Crippen LogP contribution is -2.43. The van der Waals surface area contributed by atoms with Gasteiger partial charge in [-0.1, -0.05) is 13.8 Å². The van der Waals surface area contributed by atoms with Crippen molar-refractivity contribution in [3.63, 3.8) is 0 Å². The zero-order valence-electron chi connectivity index (χ0n) is 7.97.